The monoisotopic (exact) mass is 308 g/mol. The SMILES string of the molecule is Cc1cccc(C2CCCN2c2nc(C)nc3c2CCCC3)n1. The quantitative estimate of drug-likeness (QED) is 0.848. The Morgan fingerprint density at radius 2 is 1.87 bits per heavy atom. The number of hydrogen-bond donors (Lipinski definition) is 0. The van der Waals surface area contributed by atoms with Crippen molar-refractivity contribution in [3.63, 3.8) is 0 Å². The molecule has 1 unspecified atom stereocenters. The Morgan fingerprint density at radius 1 is 1.00 bits per heavy atom. The normalized spacial score (nSPS) is 20.6. The molecule has 2 aromatic rings. The number of aromatic nitrogens is 3. The van der Waals surface area contributed by atoms with E-state index in [-0.39, 0.29) is 0 Å². The van der Waals surface area contributed by atoms with E-state index in [2.05, 4.69) is 30.0 Å². The van der Waals surface area contributed by atoms with Crippen molar-refractivity contribution in [3.05, 3.63) is 46.7 Å². The van der Waals surface area contributed by atoms with Crippen LogP contribution in [0.2, 0.25) is 0 Å². The number of rotatable bonds is 2. The van der Waals surface area contributed by atoms with Gasteiger partial charge in [0, 0.05) is 23.5 Å². The minimum absolute atomic E-state index is 0.357. The highest BCUT2D eigenvalue weighted by Crippen LogP contribution is 2.38. The third-order valence-corrected chi connectivity index (χ3v) is 5.05. The van der Waals surface area contributed by atoms with Gasteiger partial charge in [0.15, 0.2) is 0 Å². The molecule has 3 heterocycles. The van der Waals surface area contributed by atoms with Gasteiger partial charge in [-0.1, -0.05) is 6.07 Å². The van der Waals surface area contributed by atoms with Crippen LogP contribution >= 0.6 is 0 Å². The molecule has 0 saturated carbocycles. The van der Waals surface area contributed by atoms with Gasteiger partial charge in [0.2, 0.25) is 0 Å². The van der Waals surface area contributed by atoms with E-state index in [1.165, 1.54) is 42.0 Å². The Kier molecular flexibility index (Phi) is 3.76. The summed E-state index contributed by atoms with van der Waals surface area (Å²) >= 11 is 0. The highest BCUT2D eigenvalue weighted by atomic mass is 15.2. The summed E-state index contributed by atoms with van der Waals surface area (Å²) in [7, 11) is 0. The fourth-order valence-corrected chi connectivity index (χ4v) is 4.01. The van der Waals surface area contributed by atoms with Gasteiger partial charge in [0.05, 0.1) is 11.7 Å². The number of hydrogen-bond acceptors (Lipinski definition) is 4. The van der Waals surface area contributed by atoms with Gasteiger partial charge >= 0.3 is 0 Å². The van der Waals surface area contributed by atoms with Gasteiger partial charge in [-0.2, -0.15) is 0 Å². The van der Waals surface area contributed by atoms with Crippen LogP contribution in [0.3, 0.4) is 0 Å². The lowest BCUT2D eigenvalue weighted by Crippen LogP contribution is -2.27. The molecule has 0 amide bonds. The second kappa shape index (κ2) is 5.91. The lowest BCUT2D eigenvalue weighted by molar-refractivity contribution is 0.636. The van der Waals surface area contributed by atoms with Crippen LogP contribution in [0.1, 0.15) is 60.2 Å². The van der Waals surface area contributed by atoms with E-state index in [0.29, 0.717) is 6.04 Å². The summed E-state index contributed by atoms with van der Waals surface area (Å²) < 4.78 is 0. The third kappa shape index (κ3) is 2.71. The summed E-state index contributed by atoms with van der Waals surface area (Å²) in [5.41, 5.74) is 4.95. The zero-order valence-electron chi connectivity index (χ0n) is 14.0. The van der Waals surface area contributed by atoms with E-state index in [0.717, 1.165) is 37.3 Å². The Bertz CT molecular complexity index is 725. The minimum Gasteiger partial charge on any atom is -0.348 e. The molecule has 1 aliphatic carbocycles. The molecule has 1 fully saturated rings. The molecule has 1 atom stereocenters. The van der Waals surface area contributed by atoms with E-state index < -0.39 is 0 Å². The molecule has 0 spiro atoms. The largest absolute Gasteiger partial charge is 0.348 e. The Labute approximate surface area is 138 Å². The van der Waals surface area contributed by atoms with Crippen molar-refractivity contribution in [1.82, 2.24) is 15.0 Å². The molecule has 2 aliphatic rings. The van der Waals surface area contributed by atoms with Crippen molar-refractivity contribution in [3.8, 4) is 0 Å². The lowest BCUT2D eigenvalue weighted by atomic mass is 9.95. The zero-order chi connectivity index (χ0) is 15.8. The predicted octanol–water partition coefficient (Wildman–Crippen LogP) is 3.71. The van der Waals surface area contributed by atoms with Crippen molar-refractivity contribution >= 4 is 5.82 Å². The lowest BCUT2D eigenvalue weighted by Gasteiger charge is -2.30. The molecule has 4 heteroatoms. The molecular weight excluding hydrogens is 284 g/mol. The van der Waals surface area contributed by atoms with Crippen molar-refractivity contribution in [2.75, 3.05) is 11.4 Å². The van der Waals surface area contributed by atoms with Crippen LogP contribution in [0.5, 0.6) is 0 Å². The molecule has 4 rings (SSSR count). The summed E-state index contributed by atoms with van der Waals surface area (Å²) in [6.07, 6.45) is 7.11. The number of aryl methyl sites for hydroxylation is 3. The molecule has 0 N–H and O–H groups in total. The van der Waals surface area contributed by atoms with E-state index in [4.69, 9.17) is 15.0 Å². The maximum Gasteiger partial charge on any atom is 0.136 e. The van der Waals surface area contributed by atoms with Crippen molar-refractivity contribution < 1.29 is 0 Å². The third-order valence-electron chi connectivity index (χ3n) is 5.05. The summed E-state index contributed by atoms with van der Waals surface area (Å²) in [4.78, 5) is 16.8. The van der Waals surface area contributed by atoms with Gasteiger partial charge in [0.1, 0.15) is 11.6 Å². The van der Waals surface area contributed by atoms with Gasteiger partial charge in [-0.25, -0.2) is 9.97 Å². The first-order valence-corrected chi connectivity index (χ1v) is 8.79. The second-order valence-electron chi connectivity index (χ2n) is 6.78. The number of nitrogens with zero attached hydrogens (tertiary/aromatic N) is 4. The van der Waals surface area contributed by atoms with Crippen LogP contribution in [0, 0.1) is 13.8 Å². The van der Waals surface area contributed by atoms with Crippen LogP contribution in [0.25, 0.3) is 0 Å². The van der Waals surface area contributed by atoms with Crippen molar-refractivity contribution in [2.24, 2.45) is 0 Å². The number of pyridine rings is 1. The molecule has 23 heavy (non-hydrogen) atoms. The van der Waals surface area contributed by atoms with Crippen molar-refractivity contribution in [1.29, 1.82) is 0 Å². The van der Waals surface area contributed by atoms with Gasteiger partial charge in [-0.05, 0) is 64.5 Å². The highest BCUT2D eigenvalue weighted by molar-refractivity contribution is 5.52. The van der Waals surface area contributed by atoms with E-state index in [1.54, 1.807) is 0 Å². The van der Waals surface area contributed by atoms with Gasteiger partial charge in [-0.15, -0.1) is 0 Å². The Morgan fingerprint density at radius 3 is 2.74 bits per heavy atom. The summed E-state index contributed by atoms with van der Waals surface area (Å²) in [6, 6.07) is 6.71. The van der Waals surface area contributed by atoms with E-state index in [9.17, 15) is 0 Å². The van der Waals surface area contributed by atoms with Crippen LogP contribution in [-0.4, -0.2) is 21.5 Å². The molecule has 0 aromatic carbocycles. The molecule has 0 radical (unpaired) electrons. The molecule has 1 aliphatic heterocycles. The molecule has 1 saturated heterocycles. The highest BCUT2D eigenvalue weighted by Gasteiger charge is 2.31. The first kappa shape index (κ1) is 14.6. The maximum absolute atomic E-state index is 4.85. The molecule has 120 valence electrons. The average Bonchev–Trinajstić information content (AvgIpc) is 3.03. The smallest absolute Gasteiger partial charge is 0.136 e. The Balaban J connectivity index is 1.76. The summed E-state index contributed by atoms with van der Waals surface area (Å²) in [5.74, 6) is 2.08. The standard InChI is InChI=1S/C19H24N4/c1-13-7-5-10-17(20-13)18-11-6-12-23(18)19-15-8-3-4-9-16(15)21-14(2)22-19/h5,7,10,18H,3-4,6,8-9,11-12H2,1-2H3. The predicted molar refractivity (Wildman–Crippen MR) is 91.7 cm³/mol. The molecule has 2 aromatic heterocycles. The van der Waals surface area contributed by atoms with Crippen molar-refractivity contribution in [2.45, 2.75) is 58.4 Å². The second-order valence-corrected chi connectivity index (χ2v) is 6.78. The van der Waals surface area contributed by atoms with Gasteiger partial charge in [0.25, 0.3) is 0 Å². The topological polar surface area (TPSA) is 41.9 Å². The van der Waals surface area contributed by atoms with E-state index >= 15 is 0 Å². The fourth-order valence-electron chi connectivity index (χ4n) is 4.01. The van der Waals surface area contributed by atoms with Crippen LogP contribution < -0.4 is 4.90 Å². The zero-order valence-corrected chi connectivity index (χ0v) is 14.0. The minimum atomic E-state index is 0.357. The van der Waals surface area contributed by atoms with Gasteiger partial charge < -0.3 is 4.90 Å². The first-order chi connectivity index (χ1) is 11.2. The molecular formula is C19H24N4. The molecule has 4 nitrogen and oxygen atoms in total. The van der Waals surface area contributed by atoms with Crippen LogP contribution in [-0.2, 0) is 12.8 Å². The molecule has 0 bridgehead atoms. The van der Waals surface area contributed by atoms with Gasteiger partial charge in [-0.3, -0.25) is 4.98 Å². The Hall–Kier alpha value is -1.97. The maximum atomic E-state index is 4.85. The van der Waals surface area contributed by atoms with E-state index in [1.807, 2.05) is 6.92 Å². The van der Waals surface area contributed by atoms with Crippen LogP contribution in [0.4, 0.5) is 5.82 Å². The summed E-state index contributed by atoms with van der Waals surface area (Å²) in [5, 5.41) is 0. The fraction of sp³-hybridized carbons (Fsp3) is 0.526. The average molecular weight is 308 g/mol. The number of fused-ring (bicyclic) bond motifs is 1. The van der Waals surface area contributed by atoms with Crippen LogP contribution in [0.15, 0.2) is 18.2 Å². The first-order valence-electron chi connectivity index (χ1n) is 8.79. The number of anilines is 1. The summed E-state index contributed by atoms with van der Waals surface area (Å²) in [6.45, 7) is 5.16.